The number of halogens is 3. The molecule has 0 amide bonds. The Labute approximate surface area is 200 Å². The predicted octanol–water partition coefficient (Wildman–Crippen LogP) is 3.75. The van der Waals surface area contributed by atoms with E-state index >= 15 is 0 Å². The minimum Gasteiger partial charge on any atom is -1.00 e. The smallest absolute Gasteiger partial charge is 0.0786 e. The van der Waals surface area contributed by atoms with Gasteiger partial charge < -0.3 is 33.4 Å². The SMILES string of the molecule is CCCC[N+](CCCC)(CCCC)CCCC.Cl.ClCCN1CCCC1.[I-]. The maximum Gasteiger partial charge on any atom is 0.0786 e. The molecule has 1 rings (SSSR count). The molecule has 0 bridgehead atoms. The van der Waals surface area contributed by atoms with Gasteiger partial charge in [-0.3, -0.25) is 0 Å². The van der Waals surface area contributed by atoms with Gasteiger partial charge in [0.1, 0.15) is 0 Å². The van der Waals surface area contributed by atoms with Crippen LogP contribution < -0.4 is 24.0 Å². The van der Waals surface area contributed by atoms with Gasteiger partial charge in [-0.15, -0.1) is 24.0 Å². The van der Waals surface area contributed by atoms with Gasteiger partial charge in [-0.1, -0.05) is 53.4 Å². The standard InChI is InChI=1S/C16H36N.C6H12ClN.ClH.HI/c1-5-9-13-17(14-10-6-2,15-11-7-3)16-12-8-4;7-3-6-8-4-1-2-5-8;;/h5-16H2,1-4H3;1-6H2;2*1H/q+1;;;/p-1. The molecule has 0 saturated carbocycles. The Bertz CT molecular complexity index is 238. The summed E-state index contributed by atoms with van der Waals surface area (Å²) in [5, 5.41) is 0. The zero-order valence-electron chi connectivity index (χ0n) is 18.8. The maximum atomic E-state index is 5.54. The first-order valence-corrected chi connectivity index (χ1v) is 11.8. The molecule has 27 heavy (non-hydrogen) atoms. The average molecular weight is 539 g/mol. The lowest BCUT2D eigenvalue weighted by Gasteiger charge is -2.39. The first kappa shape index (κ1) is 32.9. The zero-order chi connectivity index (χ0) is 18.8. The summed E-state index contributed by atoms with van der Waals surface area (Å²) in [7, 11) is 0. The van der Waals surface area contributed by atoms with Crippen LogP contribution in [0.4, 0.5) is 0 Å². The van der Waals surface area contributed by atoms with Crippen LogP contribution in [0.2, 0.25) is 0 Å². The predicted molar refractivity (Wildman–Crippen MR) is 123 cm³/mol. The highest BCUT2D eigenvalue weighted by Crippen LogP contribution is 2.16. The number of hydrogen-bond donors (Lipinski definition) is 0. The number of likely N-dealkylation sites (tertiary alicyclic amines) is 1. The Balaban J connectivity index is -0.000000485. The van der Waals surface area contributed by atoms with Crippen LogP contribution in [0.5, 0.6) is 0 Å². The van der Waals surface area contributed by atoms with Gasteiger partial charge in [-0.2, -0.15) is 0 Å². The van der Waals surface area contributed by atoms with E-state index in [1.165, 1.54) is 108 Å². The van der Waals surface area contributed by atoms with Crippen molar-refractivity contribution in [3.63, 3.8) is 0 Å². The van der Waals surface area contributed by atoms with Gasteiger partial charge >= 0.3 is 0 Å². The first-order valence-electron chi connectivity index (χ1n) is 11.3. The molecular formula is C22H49Cl2IN2. The summed E-state index contributed by atoms with van der Waals surface area (Å²) in [6.07, 6.45) is 13.8. The molecule has 0 N–H and O–H groups in total. The van der Waals surface area contributed by atoms with Gasteiger partial charge in [0, 0.05) is 12.4 Å². The quantitative estimate of drug-likeness (QED) is 0.185. The third kappa shape index (κ3) is 17.8. The van der Waals surface area contributed by atoms with Crippen molar-refractivity contribution < 1.29 is 28.5 Å². The van der Waals surface area contributed by atoms with Crippen LogP contribution in [0.1, 0.15) is 91.9 Å². The number of rotatable bonds is 14. The molecule has 0 spiro atoms. The molecule has 1 saturated heterocycles. The van der Waals surface area contributed by atoms with Crippen LogP contribution in [-0.2, 0) is 0 Å². The van der Waals surface area contributed by atoms with Gasteiger partial charge in [-0.05, 0) is 51.6 Å². The largest absolute Gasteiger partial charge is 1.00 e. The fourth-order valence-corrected chi connectivity index (χ4v) is 4.01. The summed E-state index contributed by atoms with van der Waals surface area (Å²) in [5.41, 5.74) is 0. The maximum absolute atomic E-state index is 5.54. The molecule has 1 heterocycles. The molecule has 0 aromatic rings. The second-order valence-corrected chi connectivity index (χ2v) is 8.27. The molecule has 0 aromatic carbocycles. The zero-order valence-corrected chi connectivity index (χ0v) is 22.5. The van der Waals surface area contributed by atoms with Gasteiger partial charge in [-0.25, -0.2) is 0 Å². The number of quaternary nitrogens is 1. The second kappa shape index (κ2) is 23.5. The number of nitrogens with zero attached hydrogens (tertiary/aromatic N) is 2. The molecule has 2 nitrogen and oxygen atoms in total. The molecule has 0 aromatic heterocycles. The third-order valence-corrected chi connectivity index (χ3v) is 5.71. The molecule has 1 fully saturated rings. The van der Waals surface area contributed by atoms with E-state index in [1.54, 1.807) is 0 Å². The Morgan fingerprint density at radius 2 is 1.04 bits per heavy atom. The highest BCUT2D eigenvalue weighted by atomic mass is 127. The van der Waals surface area contributed by atoms with Gasteiger partial charge in [0.15, 0.2) is 0 Å². The highest BCUT2D eigenvalue weighted by Gasteiger charge is 2.24. The number of hydrogen-bond acceptors (Lipinski definition) is 1. The molecule has 1 aliphatic rings. The van der Waals surface area contributed by atoms with E-state index in [4.69, 9.17) is 11.6 Å². The van der Waals surface area contributed by atoms with Crippen LogP contribution in [0.3, 0.4) is 0 Å². The van der Waals surface area contributed by atoms with Crippen LogP contribution in [0.15, 0.2) is 0 Å². The molecule has 0 aliphatic carbocycles. The minimum absolute atomic E-state index is 0. The van der Waals surface area contributed by atoms with Crippen molar-refractivity contribution in [3.05, 3.63) is 0 Å². The highest BCUT2D eigenvalue weighted by molar-refractivity contribution is 6.18. The molecule has 0 radical (unpaired) electrons. The van der Waals surface area contributed by atoms with E-state index in [-0.39, 0.29) is 36.4 Å². The van der Waals surface area contributed by atoms with E-state index in [0.717, 1.165) is 12.4 Å². The summed E-state index contributed by atoms with van der Waals surface area (Å²) >= 11 is 5.54. The van der Waals surface area contributed by atoms with Crippen LogP contribution in [-0.4, -0.2) is 61.1 Å². The van der Waals surface area contributed by atoms with E-state index in [9.17, 15) is 0 Å². The summed E-state index contributed by atoms with van der Waals surface area (Å²) in [6.45, 7) is 18.6. The van der Waals surface area contributed by atoms with E-state index in [2.05, 4.69) is 32.6 Å². The summed E-state index contributed by atoms with van der Waals surface area (Å²) in [6, 6.07) is 0. The molecule has 0 atom stereocenters. The Kier molecular flexibility index (Phi) is 28.6. The average Bonchev–Trinajstić information content (AvgIpc) is 3.15. The van der Waals surface area contributed by atoms with Crippen LogP contribution in [0, 0.1) is 0 Å². The molecule has 5 heteroatoms. The van der Waals surface area contributed by atoms with Crippen molar-refractivity contribution >= 4 is 24.0 Å². The Hall–Kier alpha value is 1.23. The van der Waals surface area contributed by atoms with Crippen molar-refractivity contribution in [1.82, 2.24) is 4.90 Å². The van der Waals surface area contributed by atoms with Crippen molar-refractivity contribution in [2.75, 3.05) is 51.7 Å². The van der Waals surface area contributed by atoms with Gasteiger partial charge in [0.2, 0.25) is 0 Å². The Morgan fingerprint density at radius 3 is 1.30 bits per heavy atom. The topological polar surface area (TPSA) is 3.24 Å². The monoisotopic (exact) mass is 538 g/mol. The summed E-state index contributed by atoms with van der Waals surface area (Å²) < 4.78 is 1.42. The van der Waals surface area contributed by atoms with Crippen molar-refractivity contribution in [2.45, 2.75) is 91.9 Å². The summed E-state index contributed by atoms with van der Waals surface area (Å²) in [5.74, 6) is 0.792. The van der Waals surface area contributed by atoms with Gasteiger partial charge in [0.25, 0.3) is 0 Å². The number of unbranched alkanes of at least 4 members (excludes halogenated alkanes) is 4. The minimum atomic E-state index is 0. The lowest BCUT2D eigenvalue weighted by atomic mass is 10.1. The summed E-state index contributed by atoms with van der Waals surface area (Å²) in [4.78, 5) is 2.41. The van der Waals surface area contributed by atoms with Crippen molar-refractivity contribution in [3.8, 4) is 0 Å². The van der Waals surface area contributed by atoms with E-state index in [1.807, 2.05) is 0 Å². The van der Waals surface area contributed by atoms with Crippen LogP contribution in [0.25, 0.3) is 0 Å². The number of alkyl halides is 1. The first-order chi connectivity index (χ1) is 12.2. The van der Waals surface area contributed by atoms with Crippen LogP contribution >= 0.6 is 24.0 Å². The fourth-order valence-electron chi connectivity index (χ4n) is 3.77. The van der Waals surface area contributed by atoms with E-state index < -0.39 is 0 Å². The Morgan fingerprint density at radius 1 is 0.704 bits per heavy atom. The molecule has 1 aliphatic heterocycles. The lowest BCUT2D eigenvalue weighted by Crippen LogP contribution is -3.00. The molecular weight excluding hydrogens is 490 g/mol. The normalized spacial score (nSPS) is 14.1. The van der Waals surface area contributed by atoms with E-state index in [0.29, 0.717) is 0 Å². The third-order valence-electron chi connectivity index (χ3n) is 5.54. The second-order valence-electron chi connectivity index (χ2n) is 7.89. The lowest BCUT2D eigenvalue weighted by molar-refractivity contribution is -0.929. The molecule has 0 unspecified atom stereocenters. The van der Waals surface area contributed by atoms with Crippen molar-refractivity contribution in [1.29, 1.82) is 0 Å². The van der Waals surface area contributed by atoms with Crippen molar-refractivity contribution in [2.24, 2.45) is 0 Å². The van der Waals surface area contributed by atoms with Gasteiger partial charge in [0.05, 0.1) is 26.2 Å². The fraction of sp³-hybridized carbons (Fsp3) is 1.00. The molecule has 168 valence electrons.